The molecule has 4 heteroatoms. The van der Waals surface area contributed by atoms with Crippen LogP contribution >= 0.6 is 0 Å². The zero-order chi connectivity index (χ0) is 19.6. The Morgan fingerprint density at radius 1 is 0.857 bits per heavy atom. The van der Waals surface area contributed by atoms with Crippen LogP contribution in [-0.4, -0.2) is 6.29 Å². The van der Waals surface area contributed by atoms with Crippen LogP contribution in [0.5, 0.6) is 11.5 Å². The predicted octanol–water partition coefficient (Wildman–Crippen LogP) is 7.67. The molecule has 2 nitrogen and oxygen atoms in total. The van der Waals surface area contributed by atoms with Crippen molar-refractivity contribution in [2.24, 2.45) is 17.8 Å². The zero-order valence-corrected chi connectivity index (χ0v) is 17.1. The van der Waals surface area contributed by atoms with E-state index in [0.29, 0.717) is 5.92 Å². The third-order valence-corrected chi connectivity index (χ3v) is 7.44. The summed E-state index contributed by atoms with van der Waals surface area (Å²) >= 11 is 0. The van der Waals surface area contributed by atoms with Gasteiger partial charge >= 0.3 is 6.29 Å². The van der Waals surface area contributed by atoms with Crippen molar-refractivity contribution in [2.45, 2.75) is 96.2 Å². The number of benzene rings is 1. The second-order valence-electron chi connectivity index (χ2n) is 9.26. The van der Waals surface area contributed by atoms with Crippen molar-refractivity contribution in [3.05, 3.63) is 23.8 Å². The fourth-order valence-corrected chi connectivity index (χ4v) is 5.77. The molecule has 0 atom stereocenters. The molecule has 2 fully saturated rings. The van der Waals surface area contributed by atoms with E-state index in [1.54, 1.807) is 12.1 Å². The number of rotatable bonds is 6. The smallest absolute Gasteiger partial charge is 0.395 e. The van der Waals surface area contributed by atoms with Gasteiger partial charge in [-0.2, -0.15) is 0 Å². The molecule has 0 saturated heterocycles. The molecule has 0 radical (unpaired) electrons. The highest BCUT2D eigenvalue weighted by molar-refractivity contribution is 5.46. The first-order valence-corrected chi connectivity index (χ1v) is 11.4. The summed E-state index contributed by atoms with van der Waals surface area (Å²) < 4.78 is 35.6. The normalized spacial score (nSPS) is 31.7. The number of halogens is 2. The van der Waals surface area contributed by atoms with E-state index in [0.717, 1.165) is 36.2 Å². The molecule has 1 aliphatic heterocycles. The van der Waals surface area contributed by atoms with E-state index in [9.17, 15) is 8.78 Å². The summed E-state index contributed by atoms with van der Waals surface area (Å²) in [6, 6.07) is 5.34. The highest BCUT2D eigenvalue weighted by atomic mass is 19.3. The fraction of sp³-hybridized carbons (Fsp3) is 0.750. The molecule has 0 aromatic heterocycles. The molecule has 28 heavy (non-hydrogen) atoms. The molecule has 1 aromatic carbocycles. The minimum absolute atomic E-state index is 0.151. The summed E-state index contributed by atoms with van der Waals surface area (Å²) in [5.74, 6) is 3.56. The van der Waals surface area contributed by atoms with E-state index in [4.69, 9.17) is 0 Å². The zero-order valence-electron chi connectivity index (χ0n) is 17.1. The molecule has 0 unspecified atom stereocenters. The Morgan fingerprint density at radius 3 is 2.18 bits per heavy atom. The average Bonchev–Trinajstić information content (AvgIpc) is 3.02. The Morgan fingerprint density at radius 2 is 1.50 bits per heavy atom. The first kappa shape index (κ1) is 20.0. The third kappa shape index (κ3) is 4.63. The molecule has 3 aliphatic rings. The molecular weight excluding hydrogens is 358 g/mol. The van der Waals surface area contributed by atoms with Gasteiger partial charge in [0.15, 0.2) is 11.5 Å². The van der Waals surface area contributed by atoms with Crippen LogP contribution in [0.3, 0.4) is 0 Å². The molecule has 1 aromatic rings. The third-order valence-electron chi connectivity index (χ3n) is 7.44. The van der Waals surface area contributed by atoms with Crippen molar-refractivity contribution >= 4 is 0 Å². The maximum atomic E-state index is 13.2. The monoisotopic (exact) mass is 392 g/mol. The lowest BCUT2D eigenvalue weighted by Gasteiger charge is -2.38. The van der Waals surface area contributed by atoms with E-state index in [1.807, 2.05) is 6.07 Å². The van der Waals surface area contributed by atoms with Crippen LogP contribution < -0.4 is 9.47 Å². The highest BCUT2D eigenvalue weighted by Gasteiger charge is 2.43. The second-order valence-corrected chi connectivity index (χ2v) is 9.26. The van der Waals surface area contributed by atoms with Crippen LogP contribution in [0.25, 0.3) is 0 Å². The van der Waals surface area contributed by atoms with Gasteiger partial charge in [-0.25, -0.2) is 0 Å². The van der Waals surface area contributed by atoms with Gasteiger partial charge in [-0.3, -0.25) is 0 Å². The summed E-state index contributed by atoms with van der Waals surface area (Å²) in [4.78, 5) is 0. The van der Waals surface area contributed by atoms with Gasteiger partial charge in [-0.15, -0.1) is 8.78 Å². The molecule has 0 N–H and O–H groups in total. The standard InChI is InChI=1S/C24H34F2O2/c1-2-3-4-5-17-6-8-18(9-7-17)19-10-12-20(13-11-19)21-14-15-22-23(16-21)28-24(25,26)27-22/h14-20H,2-13H2,1H3/t17-,18-,19?,20?. The minimum atomic E-state index is -3.52. The van der Waals surface area contributed by atoms with Crippen molar-refractivity contribution in [3.8, 4) is 11.5 Å². The van der Waals surface area contributed by atoms with Gasteiger partial charge in [0.05, 0.1) is 0 Å². The molecule has 156 valence electrons. The lowest BCUT2D eigenvalue weighted by Crippen LogP contribution is -2.26. The van der Waals surface area contributed by atoms with Gasteiger partial charge in [-0.1, -0.05) is 51.5 Å². The maximum Gasteiger partial charge on any atom is 0.586 e. The highest BCUT2D eigenvalue weighted by Crippen LogP contribution is 2.47. The summed E-state index contributed by atoms with van der Waals surface area (Å²) in [7, 11) is 0. The molecule has 4 rings (SSSR count). The van der Waals surface area contributed by atoms with Crippen LogP contribution in [0.4, 0.5) is 8.78 Å². The van der Waals surface area contributed by atoms with Gasteiger partial charge in [0.2, 0.25) is 0 Å². The Balaban J connectivity index is 1.25. The van der Waals surface area contributed by atoms with Crippen LogP contribution in [0.1, 0.15) is 95.5 Å². The first-order valence-electron chi connectivity index (χ1n) is 11.4. The SMILES string of the molecule is CCCCC[C@H]1CC[C@H](C2CCC(c3ccc4c(c3)OC(F)(F)O4)CC2)CC1. The molecule has 0 bridgehead atoms. The molecular formula is C24H34F2O2. The van der Waals surface area contributed by atoms with Crippen molar-refractivity contribution in [3.63, 3.8) is 0 Å². The Labute approximate surface area is 168 Å². The minimum Gasteiger partial charge on any atom is -0.395 e. The van der Waals surface area contributed by atoms with Crippen LogP contribution in [0.15, 0.2) is 18.2 Å². The number of fused-ring (bicyclic) bond motifs is 1. The second kappa shape index (κ2) is 8.59. The average molecular weight is 393 g/mol. The van der Waals surface area contributed by atoms with Gasteiger partial charge in [0.25, 0.3) is 0 Å². The quantitative estimate of drug-likeness (QED) is 0.462. The lowest BCUT2D eigenvalue weighted by molar-refractivity contribution is -0.286. The van der Waals surface area contributed by atoms with E-state index in [2.05, 4.69) is 16.4 Å². The van der Waals surface area contributed by atoms with Crippen molar-refractivity contribution in [1.82, 2.24) is 0 Å². The largest absolute Gasteiger partial charge is 0.586 e. The number of hydrogen-bond donors (Lipinski definition) is 0. The van der Waals surface area contributed by atoms with Crippen molar-refractivity contribution in [1.29, 1.82) is 0 Å². The molecule has 2 aliphatic carbocycles. The van der Waals surface area contributed by atoms with Gasteiger partial charge < -0.3 is 9.47 Å². The first-order chi connectivity index (χ1) is 13.5. The summed E-state index contributed by atoms with van der Waals surface area (Å²) in [5, 5.41) is 0. The van der Waals surface area contributed by atoms with Crippen molar-refractivity contribution in [2.75, 3.05) is 0 Å². The number of alkyl halides is 2. The van der Waals surface area contributed by atoms with Gasteiger partial charge in [0.1, 0.15) is 0 Å². The lowest BCUT2D eigenvalue weighted by atomic mass is 9.68. The van der Waals surface area contributed by atoms with Gasteiger partial charge in [-0.05, 0) is 79.9 Å². The number of hydrogen-bond acceptors (Lipinski definition) is 2. The Kier molecular flexibility index (Phi) is 6.13. The van der Waals surface area contributed by atoms with E-state index < -0.39 is 6.29 Å². The Bertz CT molecular complexity index is 644. The maximum absolute atomic E-state index is 13.2. The van der Waals surface area contributed by atoms with E-state index in [1.165, 1.54) is 64.2 Å². The molecule has 2 saturated carbocycles. The summed E-state index contributed by atoms with van der Waals surface area (Å²) in [6.07, 6.45) is 12.6. The molecule has 0 spiro atoms. The van der Waals surface area contributed by atoms with E-state index >= 15 is 0 Å². The Hall–Kier alpha value is -1.32. The molecule has 0 amide bonds. The summed E-state index contributed by atoms with van der Waals surface area (Å²) in [6.45, 7) is 2.28. The number of unbranched alkanes of at least 4 members (excludes halogenated alkanes) is 2. The molecule has 1 heterocycles. The van der Waals surface area contributed by atoms with Crippen LogP contribution in [0, 0.1) is 17.8 Å². The van der Waals surface area contributed by atoms with Crippen LogP contribution in [-0.2, 0) is 0 Å². The number of ether oxygens (including phenoxy) is 2. The van der Waals surface area contributed by atoms with Gasteiger partial charge in [0, 0.05) is 0 Å². The topological polar surface area (TPSA) is 18.5 Å². The van der Waals surface area contributed by atoms with E-state index in [-0.39, 0.29) is 11.5 Å². The van der Waals surface area contributed by atoms with Crippen molar-refractivity contribution < 1.29 is 18.3 Å². The fourth-order valence-electron chi connectivity index (χ4n) is 5.77. The summed E-state index contributed by atoms with van der Waals surface area (Å²) in [5.41, 5.74) is 1.12. The predicted molar refractivity (Wildman–Crippen MR) is 107 cm³/mol. The van der Waals surface area contributed by atoms with Crippen LogP contribution in [0.2, 0.25) is 0 Å².